The Bertz CT molecular complexity index is 267. The second kappa shape index (κ2) is 19.5. The molecular weight excluding hydrogens is 304 g/mol. The van der Waals surface area contributed by atoms with Crippen LogP contribution >= 0.6 is 0 Å². The third-order valence-electron chi connectivity index (χ3n) is 3.73. The molecule has 0 heterocycles. The van der Waals surface area contributed by atoms with E-state index in [0.29, 0.717) is 6.42 Å². The van der Waals surface area contributed by atoms with Gasteiger partial charge >= 0.3 is 5.97 Å². The van der Waals surface area contributed by atoms with E-state index in [1.54, 1.807) is 0 Å². The second-order valence-corrected chi connectivity index (χ2v) is 5.91. The van der Waals surface area contributed by atoms with E-state index in [1.807, 2.05) is 0 Å². The summed E-state index contributed by atoms with van der Waals surface area (Å²) in [5, 5.41) is 18.3. The number of carboxylic acid groups (broad SMARTS) is 1. The van der Waals surface area contributed by atoms with E-state index in [4.69, 9.17) is 5.11 Å². The maximum atomic E-state index is 10.3. The average molecular weight is 339 g/mol. The monoisotopic (exact) mass is 338 g/mol. The molecule has 0 aromatic heterocycles. The first-order chi connectivity index (χ1) is 10.2. The molecule has 0 bridgehead atoms. The number of aliphatic carboxylic acids is 1. The van der Waals surface area contributed by atoms with Crippen molar-refractivity contribution in [3.63, 3.8) is 0 Å². The van der Waals surface area contributed by atoms with Crippen LogP contribution in [0.25, 0.3) is 0 Å². The molecule has 0 amide bonds. The minimum atomic E-state index is -0.689. The fourth-order valence-electron chi connectivity index (χ4n) is 2.36. The number of aliphatic hydroxyl groups is 1. The Balaban J connectivity index is 0. The maximum Gasteiger partial charge on any atom is 0.303 e. The summed E-state index contributed by atoms with van der Waals surface area (Å²) in [6.07, 6.45) is 17.4. The SMILES string of the molecule is CCCCCC[C@@H](O)C/C=C\CCCCCCCC(=O)O.[Ca]. The van der Waals surface area contributed by atoms with Crippen LogP contribution in [0.4, 0.5) is 0 Å². The van der Waals surface area contributed by atoms with Crippen LogP contribution in [-0.2, 0) is 4.79 Å². The average Bonchev–Trinajstić information content (AvgIpc) is 2.45. The van der Waals surface area contributed by atoms with Gasteiger partial charge in [0.1, 0.15) is 0 Å². The molecule has 0 aliphatic heterocycles. The zero-order valence-electron chi connectivity index (χ0n) is 14.4. The summed E-state index contributed by atoms with van der Waals surface area (Å²) in [6, 6.07) is 0. The van der Waals surface area contributed by atoms with Gasteiger partial charge in [-0.2, -0.15) is 0 Å². The van der Waals surface area contributed by atoms with Gasteiger partial charge in [0, 0.05) is 44.2 Å². The molecular formula is C18H34CaO3. The van der Waals surface area contributed by atoms with Crippen molar-refractivity contribution in [1.29, 1.82) is 0 Å². The molecule has 2 radical (unpaired) electrons. The van der Waals surface area contributed by atoms with Gasteiger partial charge in [0.25, 0.3) is 0 Å². The number of hydrogen-bond donors (Lipinski definition) is 2. The molecule has 126 valence electrons. The Morgan fingerprint density at radius 3 is 2.27 bits per heavy atom. The fourth-order valence-corrected chi connectivity index (χ4v) is 2.36. The molecule has 0 aliphatic rings. The van der Waals surface area contributed by atoms with E-state index in [2.05, 4.69) is 19.1 Å². The summed E-state index contributed by atoms with van der Waals surface area (Å²) in [7, 11) is 0. The summed E-state index contributed by atoms with van der Waals surface area (Å²) in [5.74, 6) is -0.689. The Morgan fingerprint density at radius 1 is 0.955 bits per heavy atom. The predicted octanol–water partition coefficient (Wildman–Crippen LogP) is 4.70. The number of unbranched alkanes of at least 4 members (excludes halogenated alkanes) is 8. The number of hydrogen-bond acceptors (Lipinski definition) is 2. The smallest absolute Gasteiger partial charge is 0.303 e. The molecule has 0 rings (SSSR count). The number of aliphatic hydroxyl groups excluding tert-OH is 1. The zero-order valence-corrected chi connectivity index (χ0v) is 16.6. The number of allylic oxidation sites excluding steroid dienone is 1. The normalized spacial score (nSPS) is 12.3. The quantitative estimate of drug-likeness (QED) is 0.258. The first-order valence-corrected chi connectivity index (χ1v) is 8.71. The molecule has 0 fully saturated rings. The Kier molecular flexibility index (Phi) is 21.8. The molecule has 4 heteroatoms. The van der Waals surface area contributed by atoms with Crippen molar-refractivity contribution < 1.29 is 15.0 Å². The fraction of sp³-hybridized carbons (Fsp3) is 0.833. The number of rotatable bonds is 15. The van der Waals surface area contributed by atoms with Crippen LogP contribution in [0.2, 0.25) is 0 Å². The van der Waals surface area contributed by atoms with Gasteiger partial charge in [-0.05, 0) is 32.1 Å². The standard InChI is InChI=1S/C18H34O3.Ca/c1-2-3-4-11-14-17(19)15-12-9-7-5-6-8-10-13-16-18(20)21;/h9,12,17,19H,2-8,10-11,13-16H2,1H3,(H,20,21);/b12-9-;/t17-;/m1./s1. The van der Waals surface area contributed by atoms with Gasteiger partial charge in [-0.15, -0.1) is 0 Å². The van der Waals surface area contributed by atoms with E-state index in [-0.39, 0.29) is 43.8 Å². The number of carboxylic acids is 1. The van der Waals surface area contributed by atoms with Crippen molar-refractivity contribution in [3.8, 4) is 0 Å². The van der Waals surface area contributed by atoms with Crippen molar-refractivity contribution in [1.82, 2.24) is 0 Å². The molecule has 0 unspecified atom stereocenters. The molecule has 1 atom stereocenters. The van der Waals surface area contributed by atoms with Crippen LogP contribution < -0.4 is 0 Å². The van der Waals surface area contributed by atoms with Crippen molar-refractivity contribution in [2.45, 2.75) is 96.5 Å². The van der Waals surface area contributed by atoms with Crippen molar-refractivity contribution >= 4 is 43.7 Å². The summed E-state index contributed by atoms with van der Waals surface area (Å²) in [5.41, 5.74) is 0. The molecule has 0 aromatic carbocycles. The van der Waals surface area contributed by atoms with Crippen LogP contribution in [0.15, 0.2) is 12.2 Å². The molecule has 0 saturated carbocycles. The molecule has 2 N–H and O–H groups in total. The van der Waals surface area contributed by atoms with Crippen LogP contribution in [0.5, 0.6) is 0 Å². The zero-order chi connectivity index (χ0) is 15.8. The van der Waals surface area contributed by atoms with Crippen molar-refractivity contribution in [2.24, 2.45) is 0 Å². The third-order valence-corrected chi connectivity index (χ3v) is 3.73. The van der Waals surface area contributed by atoms with Crippen LogP contribution in [0.3, 0.4) is 0 Å². The summed E-state index contributed by atoms with van der Waals surface area (Å²) >= 11 is 0. The maximum absolute atomic E-state index is 10.3. The van der Waals surface area contributed by atoms with Gasteiger partial charge in [0.05, 0.1) is 6.10 Å². The molecule has 0 saturated heterocycles. The first kappa shape index (κ1) is 24.7. The largest absolute Gasteiger partial charge is 0.481 e. The predicted molar refractivity (Wildman–Crippen MR) is 94.2 cm³/mol. The van der Waals surface area contributed by atoms with E-state index in [1.165, 1.54) is 25.7 Å². The first-order valence-electron chi connectivity index (χ1n) is 8.71. The van der Waals surface area contributed by atoms with Gasteiger partial charge in [0.2, 0.25) is 0 Å². The molecule has 0 spiro atoms. The summed E-state index contributed by atoms with van der Waals surface area (Å²) in [4.78, 5) is 10.3. The molecule has 0 aromatic rings. The van der Waals surface area contributed by atoms with Gasteiger partial charge in [-0.1, -0.05) is 64.0 Å². The van der Waals surface area contributed by atoms with E-state index in [9.17, 15) is 9.90 Å². The van der Waals surface area contributed by atoms with E-state index in [0.717, 1.165) is 51.4 Å². The minimum Gasteiger partial charge on any atom is -0.481 e. The number of carbonyl (C=O) groups is 1. The van der Waals surface area contributed by atoms with Crippen molar-refractivity contribution in [2.75, 3.05) is 0 Å². The van der Waals surface area contributed by atoms with E-state index < -0.39 is 5.97 Å². The van der Waals surface area contributed by atoms with Gasteiger partial charge in [0.15, 0.2) is 0 Å². The summed E-state index contributed by atoms with van der Waals surface area (Å²) < 4.78 is 0. The van der Waals surface area contributed by atoms with Crippen molar-refractivity contribution in [3.05, 3.63) is 12.2 Å². The Labute approximate surface area is 166 Å². The topological polar surface area (TPSA) is 57.5 Å². The molecule has 22 heavy (non-hydrogen) atoms. The van der Waals surface area contributed by atoms with Crippen LogP contribution in [0, 0.1) is 0 Å². The van der Waals surface area contributed by atoms with Gasteiger partial charge in [-0.3, -0.25) is 4.79 Å². The third kappa shape index (κ3) is 20.4. The van der Waals surface area contributed by atoms with Crippen LogP contribution in [-0.4, -0.2) is 60.0 Å². The van der Waals surface area contributed by atoms with Crippen LogP contribution in [0.1, 0.15) is 90.4 Å². The Morgan fingerprint density at radius 2 is 1.59 bits per heavy atom. The van der Waals surface area contributed by atoms with Gasteiger partial charge < -0.3 is 10.2 Å². The molecule has 3 nitrogen and oxygen atoms in total. The molecule has 0 aliphatic carbocycles. The Hall–Kier alpha value is 0.430. The van der Waals surface area contributed by atoms with E-state index >= 15 is 0 Å². The minimum absolute atomic E-state index is 0. The second-order valence-electron chi connectivity index (χ2n) is 5.91. The van der Waals surface area contributed by atoms with Gasteiger partial charge in [-0.25, -0.2) is 0 Å². The summed E-state index contributed by atoms with van der Waals surface area (Å²) in [6.45, 7) is 2.20.